The van der Waals surface area contributed by atoms with Gasteiger partial charge in [-0.15, -0.1) is 0 Å². The molecular formula is C33H30N4O. The first-order valence-electron chi connectivity index (χ1n) is 13.3. The molecule has 0 spiro atoms. The van der Waals surface area contributed by atoms with Crippen LogP contribution in [-0.4, -0.2) is 20.7 Å². The predicted molar refractivity (Wildman–Crippen MR) is 150 cm³/mol. The first-order chi connectivity index (χ1) is 18.3. The monoisotopic (exact) mass is 498 g/mol. The second-order valence-electron chi connectivity index (χ2n) is 11.1. The average molecular weight is 499 g/mol. The molecule has 3 atom stereocenters. The van der Waals surface area contributed by atoms with Gasteiger partial charge in [0.05, 0.1) is 23.5 Å². The number of aromatic nitrogens is 3. The van der Waals surface area contributed by atoms with Gasteiger partial charge in [-0.1, -0.05) is 76.2 Å². The highest BCUT2D eigenvalue weighted by Crippen LogP contribution is 2.51. The van der Waals surface area contributed by atoms with Gasteiger partial charge in [0.25, 0.3) is 0 Å². The van der Waals surface area contributed by atoms with E-state index in [-0.39, 0.29) is 23.3 Å². The molecule has 0 amide bonds. The van der Waals surface area contributed by atoms with Crippen molar-refractivity contribution >= 4 is 16.7 Å². The van der Waals surface area contributed by atoms with Crippen molar-refractivity contribution in [2.45, 2.75) is 51.9 Å². The zero-order valence-corrected chi connectivity index (χ0v) is 22.2. The van der Waals surface area contributed by atoms with E-state index in [1.54, 1.807) is 6.20 Å². The normalized spacial score (nSPS) is 22.5. The van der Waals surface area contributed by atoms with Crippen LogP contribution in [0.25, 0.3) is 38.4 Å². The fourth-order valence-corrected chi connectivity index (χ4v) is 6.42. The Hall–Kier alpha value is -4.17. The Kier molecular flexibility index (Phi) is 5.72. The minimum absolute atomic E-state index is 0.0511. The van der Waals surface area contributed by atoms with Crippen LogP contribution in [0.3, 0.4) is 0 Å². The summed E-state index contributed by atoms with van der Waals surface area (Å²) in [5.74, 6) is 0.900. The van der Waals surface area contributed by atoms with Gasteiger partial charge < -0.3 is 4.79 Å². The molecule has 0 saturated heterocycles. The smallest absolute Gasteiger partial charge is 0.226 e. The van der Waals surface area contributed by atoms with Gasteiger partial charge in [0.2, 0.25) is 5.70 Å². The number of fused-ring (bicyclic) bond motifs is 4. The molecule has 5 nitrogen and oxygen atoms in total. The van der Waals surface area contributed by atoms with E-state index < -0.39 is 5.41 Å². The van der Waals surface area contributed by atoms with Crippen LogP contribution < -0.4 is 0 Å². The summed E-state index contributed by atoms with van der Waals surface area (Å²) in [5, 5.41) is 0.998. The fourth-order valence-electron chi connectivity index (χ4n) is 6.42. The molecule has 2 heterocycles. The van der Waals surface area contributed by atoms with Gasteiger partial charge in [0, 0.05) is 39.6 Å². The maximum Gasteiger partial charge on any atom is 0.226 e. The first-order valence-corrected chi connectivity index (χ1v) is 13.3. The van der Waals surface area contributed by atoms with Crippen LogP contribution in [0.1, 0.15) is 56.9 Å². The van der Waals surface area contributed by atoms with Crippen LogP contribution in [0.2, 0.25) is 0 Å². The molecule has 0 aliphatic heterocycles. The summed E-state index contributed by atoms with van der Waals surface area (Å²) in [6, 6.07) is 18.7. The number of para-hydroxylation sites is 1. The summed E-state index contributed by atoms with van der Waals surface area (Å²) in [6.07, 6.45) is 5.35. The summed E-state index contributed by atoms with van der Waals surface area (Å²) in [4.78, 5) is 31.6. The standard InChI is InChI=1S/C33H30N4O/c1-19(2)21-10-12-22(13-11-21)29-25-14-15-26-20(3)30(38)28(34-5)18-33(26,4)31(25)37-32(36-29)24-16-17-35-27-9-7-6-8-23(24)27/h6-13,16-20,26H,14-15H2,1-4H3/t20-,26-,33-/m1/s1. The Morgan fingerprint density at radius 3 is 2.55 bits per heavy atom. The third kappa shape index (κ3) is 3.67. The van der Waals surface area contributed by atoms with Crippen LogP contribution in [0.5, 0.6) is 0 Å². The zero-order valence-electron chi connectivity index (χ0n) is 22.2. The lowest BCUT2D eigenvalue weighted by Gasteiger charge is -2.46. The highest BCUT2D eigenvalue weighted by atomic mass is 16.1. The lowest BCUT2D eigenvalue weighted by molar-refractivity contribution is -0.121. The van der Waals surface area contributed by atoms with Crippen LogP contribution in [0.4, 0.5) is 0 Å². The lowest BCUT2D eigenvalue weighted by Crippen LogP contribution is -2.46. The van der Waals surface area contributed by atoms with Crippen molar-refractivity contribution in [1.29, 1.82) is 0 Å². The second-order valence-corrected chi connectivity index (χ2v) is 11.1. The molecule has 4 aromatic rings. The van der Waals surface area contributed by atoms with Crippen LogP contribution in [0, 0.1) is 18.4 Å². The number of Topliss-reactive ketones (excluding diaryl/α,β-unsaturated/α-hetero) is 1. The van der Waals surface area contributed by atoms with Crippen LogP contribution in [0.15, 0.2) is 72.6 Å². The Bertz CT molecular complexity index is 1660. The van der Waals surface area contributed by atoms with E-state index in [1.807, 2.05) is 37.3 Å². The second kappa shape index (κ2) is 8.99. The number of benzene rings is 2. The molecule has 2 aromatic heterocycles. The third-order valence-corrected chi connectivity index (χ3v) is 8.56. The van der Waals surface area contributed by atoms with Crippen LogP contribution >= 0.6 is 0 Å². The topological polar surface area (TPSA) is 60.1 Å². The van der Waals surface area contributed by atoms with E-state index in [0.29, 0.717) is 11.7 Å². The zero-order chi connectivity index (χ0) is 26.6. The molecule has 0 radical (unpaired) electrons. The number of carbonyl (C=O) groups is 1. The molecule has 0 saturated carbocycles. The van der Waals surface area contributed by atoms with Gasteiger partial charge >= 0.3 is 0 Å². The maximum atomic E-state index is 13.0. The van der Waals surface area contributed by atoms with Crippen molar-refractivity contribution in [3.05, 3.63) is 101 Å². The Labute approximate surface area is 223 Å². The number of hydrogen-bond acceptors (Lipinski definition) is 4. The quantitative estimate of drug-likeness (QED) is 0.278. The minimum Gasteiger partial charge on any atom is -0.308 e. The molecule has 38 heavy (non-hydrogen) atoms. The molecular weight excluding hydrogens is 468 g/mol. The number of hydrogen-bond donors (Lipinski definition) is 0. The van der Waals surface area contributed by atoms with Gasteiger partial charge in [0.1, 0.15) is 0 Å². The van der Waals surface area contributed by atoms with Crippen molar-refractivity contribution in [3.8, 4) is 22.6 Å². The van der Waals surface area contributed by atoms with Gasteiger partial charge in [0.15, 0.2) is 11.6 Å². The average Bonchev–Trinajstić information content (AvgIpc) is 2.94. The van der Waals surface area contributed by atoms with Gasteiger partial charge in [-0.25, -0.2) is 14.8 Å². The molecule has 6 rings (SSSR count). The number of allylic oxidation sites excluding steroid dienone is 2. The van der Waals surface area contributed by atoms with Gasteiger partial charge in [-0.05, 0) is 42.4 Å². The van der Waals surface area contributed by atoms with E-state index >= 15 is 0 Å². The molecule has 0 N–H and O–H groups in total. The maximum absolute atomic E-state index is 13.0. The first kappa shape index (κ1) is 24.2. The largest absolute Gasteiger partial charge is 0.308 e. The molecule has 2 aromatic carbocycles. The summed E-state index contributed by atoms with van der Waals surface area (Å²) in [6.45, 7) is 16.2. The lowest BCUT2D eigenvalue weighted by atomic mass is 9.58. The molecule has 2 aliphatic carbocycles. The summed E-state index contributed by atoms with van der Waals surface area (Å²) in [7, 11) is 0. The number of carbonyl (C=O) groups excluding carboxylic acids is 1. The molecule has 188 valence electrons. The number of pyridine rings is 1. The molecule has 0 fully saturated rings. The minimum atomic E-state index is -0.534. The Morgan fingerprint density at radius 1 is 1.05 bits per heavy atom. The van der Waals surface area contributed by atoms with Gasteiger partial charge in [-0.2, -0.15) is 0 Å². The van der Waals surface area contributed by atoms with Crippen LogP contribution in [-0.2, 0) is 16.6 Å². The fraction of sp³-hybridized carbons (Fsp3) is 0.303. The number of ketones is 1. The van der Waals surface area contributed by atoms with Crippen molar-refractivity contribution in [2.75, 3.05) is 0 Å². The summed E-state index contributed by atoms with van der Waals surface area (Å²) in [5.41, 5.74) is 6.84. The summed E-state index contributed by atoms with van der Waals surface area (Å²) < 4.78 is 0. The molecule has 0 unspecified atom stereocenters. The molecule has 0 bridgehead atoms. The number of nitrogens with zero attached hydrogens (tertiary/aromatic N) is 4. The number of rotatable bonds is 3. The van der Waals surface area contributed by atoms with E-state index in [1.165, 1.54) is 5.56 Å². The highest BCUT2D eigenvalue weighted by Gasteiger charge is 2.49. The highest BCUT2D eigenvalue weighted by molar-refractivity contribution is 6.00. The van der Waals surface area contributed by atoms with E-state index in [4.69, 9.17) is 16.5 Å². The van der Waals surface area contributed by atoms with Crippen molar-refractivity contribution in [3.63, 3.8) is 0 Å². The van der Waals surface area contributed by atoms with Gasteiger partial charge in [-0.3, -0.25) is 4.98 Å². The SMILES string of the molecule is [C-]#[N+]C1=C[C@@]2(C)c3nc(-c4ccnc5ccccc45)nc(-c4ccc(C(C)C)cc4)c3CC[C@@H]2[C@@H](C)C1=O. The molecule has 5 heteroatoms. The summed E-state index contributed by atoms with van der Waals surface area (Å²) >= 11 is 0. The van der Waals surface area contributed by atoms with Crippen molar-refractivity contribution in [1.82, 2.24) is 15.0 Å². The van der Waals surface area contributed by atoms with Crippen molar-refractivity contribution < 1.29 is 4.79 Å². The van der Waals surface area contributed by atoms with E-state index in [2.05, 4.69) is 60.9 Å². The van der Waals surface area contributed by atoms with Crippen molar-refractivity contribution in [2.24, 2.45) is 11.8 Å². The third-order valence-electron chi connectivity index (χ3n) is 8.56. The molecule has 2 aliphatic rings. The predicted octanol–water partition coefficient (Wildman–Crippen LogP) is 7.32. The Balaban J connectivity index is 1.65. The van der Waals surface area contributed by atoms with E-state index in [0.717, 1.165) is 51.8 Å². The van der Waals surface area contributed by atoms with E-state index in [9.17, 15) is 4.79 Å². The Morgan fingerprint density at radius 2 is 1.82 bits per heavy atom.